The first-order chi connectivity index (χ1) is 14.8. The lowest BCUT2D eigenvalue weighted by atomic mass is 9.90. The van der Waals surface area contributed by atoms with Crippen LogP contribution in [0.25, 0.3) is 11.0 Å². The Kier molecular flexibility index (Phi) is 7.29. The van der Waals surface area contributed by atoms with Crippen LogP contribution in [0.2, 0.25) is 5.02 Å². The molecule has 164 valence electrons. The summed E-state index contributed by atoms with van der Waals surface area (Å²) >= 11 is 6.14. The number of imidazole rings is 1. The van der Waals surface area contributed by atoms with Crippen LogP contribution in [0.4, 0.5) is 0 Å². The van der Waals surface area contributed by atoms with Gasteiger partial charge in [-0.25, -0.2) is 4.98 Å². The molecule has 0 bridgehead atoms. The van der Waals surface area contributed by atoms with Crippen LogP contribution in [0.1, 0.15) is 50.1 Å². The van der Waals surface area contributed by atoms with E-state index in [1.54, 1.807) is 18.2 Å². The molecule has 2 aromatic rings. The van der Waals surface area contributed by atoms with Gasteiger partial charge >= 0.3 is 0 Å². The third-order valence-electron chi connectivity index (χ3n) is 5.44. The van der Waals surface area contributed by atoms with Gasteiger partial charge in [-0.05, 0) is 37.3 Å². The van der Waals surface area contributed by atoms with Crippen molar-refractivity contribution in [1.82, 2.24) is 20.6 Å². The van der Waals surface area contributed by atoms with E-state index < -0.39 is 12.0 Å². The molecule has 2 heterocycles. The SMILES string of the molecule is CC(C)CC(CC(=O)c1nc2c(Cl)cccc2[nH]1)C(=O)NC(C#N)CC1CCNC1=O. The molecule has 3 unspecified atom stereocenters. The predicted molar refractivity (Wildman–Crippen MR) is 116 cm³/mol. The summed E-state index contributed by atoms with van der Waals surface area (Å²) in [6, 6.07) is 6.52. The number of hydrogen-bond donors (Lipinski definition) is 3. The van der Waals surface area contributed by atoms with E-state index >= 15 is 0 Å². The average Bonchev–Trinajstić information content (AvgIpc) is 3.33. The van der Waals surface area contributed by atoms with Crippen LogP contribution in [0.15, 0.2) is 18.2 Å². The molecule has 9 heteroatoms. The standard InChI is InChI=1S/C22H26ClN5O3/c1-12(2)8-14(22(31)26-15(11-24)9-13-6-7-25-21(13)30)10-18(29)20-27-17-5-3-4-16(23)19(17)28-20/h3-5,12-15H,6-10H2,1-2H3,(H,25,30)(H,26,31)(H,27,28). The number of carbonyl (C=O) groups is 3. The molecule has 0 spiro atoms. The Morgan fingerprint density at radius 3 is 2.77 bits per heavy atom. The van der Waals surface area contributed by atoms with Crippen molar-refractivity contribution in [2.45, 2.75) is 45.6 Å². The average molecular weight is 444 g/mol. The second kappa shape index (κ2) is 9.92. The fraction of sp³-hybridized carbons (Fsp3) is 0.500. The molecule has 3 rings (SSSR count). The van der Waals surface area contributed by atoms with Gasteiger partial charge in [0.1, 0.15) is 11.6 Å². The summed E-state index contributed by atoms with van der Waals surface area (Å²) in [6.45, 7) is 4.52. The number of nitriles is 1. The van der Waals surface area contributed by atoms with E-state index in [0.29, 0.717) is 35.4 Å². The van der Waals surface area contributed by atoms with E-state index in [1.807, 2.05) is 13.8 Å². The minimum Gasteiger partial charge on any atom is -0.356 e. The fourth-order valence-electron chi connectivity index (χ4n) is 3.89. The topological polar surface area (TPSA) is 128 Å². The normalized spacial score (nSPS) is 17.9. The van der Waals surface area contributed by atoms with E-state index in [0.717, 1.165) is 0 Å². The first kappa shape index (κ1) is 22.8. The van der Waals surface area contributed by atoms with Gasteiger partial charge in [-0.1, -0.05) is 31.5 Å². The number of aromatic amines is 1. The highest BCUT2D eigenvalue weighted by Crippen LogP contribution is 2.24. The first-order valence-corrected chi connectivity index (χ1v) is 10.8. The minimum absolute atomic E-state index is 0.0382. The summed E-state index contributed by atoms with van der Waals surface area (Å²) in [6.07, 6.45) is 1.36. The number of H-pyrrole nitrogens is 1. The summed E-state index contributed by atoms with van der Waals surface area (Å²) < 4.78 is 0. The molecule has 0 radical (unpaired) electrons. The van der Waals surface area contributed by atoms with Crippen LogP contribution in [0.5, 0.6) is 0 Å². The highest BCUT2D eigenvalue weighted by atomic mass is 35.5. The molecule has 8 nitrogen and oxygen atoms in total. The number of fused-ring (bicyclic) bond motifs is 1. The Hall–Kier alpha value is -2.92. The van der Waals surface area contributed by atoms with Crippen LogP contribution < -0.4 is 10.6 Å². The number of halogens is 1. The summed E-state index contributed by atoms with van der Waals surface area (Å²) in [5.41, 5.74) is 1.16. The van der Waals surface area contributed by atoms with Gasteiger partial charge in [0.05, 0.1) is 16.6 Å². The van der Waals surface area contributed by atoms with Crippen molar-refractivity contribution < 1.29 is 14.4 Å². The van der Waals surface area contributed by atoms with Crippen LogP contribution >= 0.6 is 11.6 Å². The second-order valence-corrected chi connectivity index (χ2v) is 8.78. The molecular weight excluding hydrogens is 418 g/mol. The Morgan fingerprint density at radius 1 is 1.39 bits per heavy atom. The molecule has 1 aliphatic heterocycles. The number of hydrogen-bond acceptors (Lipinski definition) is 5. The maximum Gasteiger partial charge on any atom is 0.224 e. The zero-order valence-electron chi connectivity index (χ0n) is 17.6. The van der Waals surface area contributed by atoms with Crippen molar-refractivity contribution in [1.29, 1.82) is 5.26 Å². The van der Waals surface area contributed by atoms with Crippen molar-refractivity contribution in [3.05, 3.63) is 29.0 Å². The maximum atomic E-state index is 12.9. The van der Waals surface area contributed by atoms with E-state index in [-0.39, 0.29) is 48.1 Å². The summed E-state index contributed by atoms with van der Waals surface area (Å²) in [5, 5.41) is 15.4. The van der Waals surface area contributed by atoms with Gasteiger partial charge in [-0.15, -0.1) is 0 Å². The van der Waals surface area contributed by atoms with Gasteiger partial charge in [-0.2, -0.15) is 5.26 Å². The number of carbonyl (C=O) groups excluding carboxylic acids is 3. The molecule has 3 atom stereocenters. The largest absolute Gasteiger partial charge is 0.356 e. The minimum atomic E-state index is -0.781. The van der Waals surface area contributed by atoms with Gasteiger partial charge in [0.25, 0.3) is 0 Å². The third kappa shape index (κ3) is 5.61. The highest BCUT2D eigenvalue weighted by molar-refractivity contribution is 6.35. The highest BCUT2D eigenvalue weighted by Gasteiger charge is 2.31. The van der Waals surface area contributed by atoms with Crippen molar-refractivity contribution in [3.8, 4) is 6.07 Å². The van der Waals surface area contributed by atoms with E-state index in [9.17, 15) is 19.6 Å². The fourth-order valence-corrected chi connectivity index (χ4v) is 4.11. The molecule has 1 fully saturated rings. The smallest absolute Gasteiger partial charge is 0.224 e. The number of ketones is 1. The van der Waals surface area contributed by atoms with E-state index in [4.69, 9.17) is 11.6 Å². The summed E-state index contributed by atoms with van der Waals surface area (Å²) in [5.74, 6) is -1.30. The number of amides is 2. The van der Waals surface area contributed by atoms with Crippen molar-refractivity contribution >= 4 is 40.2 Å². The monoisotopic (exact) mass is 443 g/mol. The number of nitrogens with zero attached hydrogens (tertiary/aromatic N) is 2. The predicted octanol–water partition coefficient (Wildman–Crippen LogP) is 2.99. The lowest BCUT2D eigenvalue weighted by Crippen LogP contribution is -2.41. The number of para-hydroxylation sites is 1. The Labute approximate surface area is 185 Å². The van der Waals surface area contributed by atoms with Gasteiger partial charge in [0, 0.05) is 24.8 Å². The van der Waals surface area contributed by atoms with Crippen molar-refractivity contribution in [2.24, 2.45) is 17.8 Å². The van der Waals surface area contributed by atoms with Crippen LogP contribution in [0, 0.1) is 29.1 Å². The molecule has 1 aliphatic rings. The molecule has 1 aromatic carbocycles. The lowest BCUT2D eigenvalue weighted by molar-refractivity contribution is -0.127. The van der Waals surface area contributed by atoms with Gasteiger partial charge < -0.3 is 15.6 Å². The Morgan fingerprint density at radius 2 is 2.16 bits per heavy atom. The molecule has 1 saturated heterocycles. The Bertz CT molecular complexity index is 1030. The number of Topliss-reactive ketones (excluding diaryl/α,β-unsaturated/α-hetero) is 1. The van der Waals surface area contributed by atoms with Gasteiger partial charge in [0.15, 0.2) is 11.6 Å². The molecular formula is C22H26ClN5O3. The molecule has 3 N–H and O–H groups in total. The van der Waals surface area contributed by atoms with Crippen LogP contribution in [-0.2, 0) is 9.59 Å². The lowest BCUT2D eigenvalue weighted by Gasteiger charge is -2.21. The molecule has 0 saturated carbocycles. The first-order valence-electron chi connectivity index (χ1n) is 10.4. The number of aromatic nitrogens is 2. The van der Waals surface area contributed by atoms with Crippen molar-refractivity contribution in [2.75, 3.05) is 6.54 Å². The second-order valence-electron chi connectivity index (χ2n) is 8.38. The van der Waals surface area contributed by atoms with Crippen LogP contribution in [-0.4, -0.2) is 40.2 Å². The van der Waals surface area contributed by atoms with Crippen molar-refractivity contribution in [3.63, 3.8) is 0 Å². The molecule has 2 amide bonds. The van der Waals surface area contributed by atoms with Gasteiger partial charge in [-0.3, -0.25) is 14.4 Å². The third-order valence-corrected chi connectivity index (χ3v) is 5.75. The number of benzene rings is 1. The maximum absolute atomic E-state index is 12.9. The van der Waals surface area contributed by atoms with Crippen LogP contribution in [0.3, 0.4) is 0 Å². The summed E-state index contributed by atoms with van der Waals surface area (Å²) in [4.78, 5) is 44.8. The summed E-state index contributed by atoms with van der Waals surface area (Å²) in [7, 11) is 0. The molecule has 0 aliphatic carbocycles. The molecule has 31 heavy (non-hydrogen) atoms. The van der Waals surface area contributed by atoms with E-state index in [1.165, 1.54) is 0 Å². The molecule has 1 aromatic heterocycles. The zero-order chi connectivity index (χ0) is 22.5. The number of nitrogens with one attached hydrogen (secondary N) is 3. The van der Waals surface area contributed by atoms with Gasteiger partial charge in [0.2, 0.25) is 11.8 Å². The quantitative estimate of drug-likeness (QED) is 0.513. The number of rotatable bonds is 9. The zero-order valence-corrected chi connectivity index (χ0v) is 18.3. The Balaban J connectivity index is 1.70. The van der Waals surface area contributed by atoms with E-state index in [2.05, 4.69) is 26.7 Å².